The Kier molecular flexibility index (Phi) is 4.93. The standard InChI is InChI=1S/C21H21ClN2O2/c22-20-6-2-1-4-15(20)7-10-21(25)24-16-8-9-17(24)13-19(12-16)26-18-5-3-11-23-14-18/h1-7,10-11,14,16-17,19H,8-9,12-13H2/b10-7+. The van der Waals surface area contributed by atoms with Gasteiger partial charge in [-0.2, -0.15) is 0 Å². The van der Waals surface area contributed by atoms with E-state index in [0.717, 1.165) is 37.0 Å². The molecular formula is C21H21ClN2O2. The fourth-order valence-corrected chi connectivity index (χ4v) is 4.25. The molecule has 134 valence electrons. The van der Waals surface area contributed by atoms with Crippen LogP contribution in [0.15, 0.2) is 54.9 Å². The van der Waals surface area contributed by atoms with Crippen molar-refractivity contribution < 1.29 is 9.53 Å². The minimum Gasteiger partial charge on any atom is -0.489 e. The number of nitrogens with zero attached hydrogens (tertiary/aromatic N) is 2. The van der Waals surface area contributed by atoms with Crippen LogP contribution < -0.4 is 4.74 Å². The largest absolute Gasteiger partial charge is 0.489 e. The summed E-state index contributed by atoms with van der Waals surface area (Å²) in [5.74, 6) is 0.868. The van der Waals surface area contributed by atoms with Gasteiger partial charge in [0.1, 0.15) is 11.9 Å². The fourth-order valence-electron chi connectivity index (χ4n) is 4.05. The molecule has 2 saturated heterocycles. The van der Waals surface area contributed by atoms with Crippen molar-refractivity contribution in [2.45, 2.75) is 43.9 Å². The predicted octanol–water partition coefficient (Wildman–Crippen LogP) is 4.35. The van der Waals surface area contributed by atoms with E-state index < -0.39 is 0 Å². The second-order valence-electron chi connectivity index (χ2n) is 6.89. The van der Waals surface area contributed by atoms with Crippen LogP contribution in [-0.4, -0.2) is 34.0 Å². The number of ether oxygens (including phenoxy) is 1. The Morgan fingerprint density at radius 2 is 1.92 bits per heavy atom. The third kappa shape index (κ3) is 3.61. The highest BCUT2D eigenvalue weighted by Crippen LogP contribution is 2.37. The van der Waals surface area contributed by atoms with Crippen molar-refractivity contribution in [3.63, 3.8) is 0 Å². The lowest BCUT2D eigenvalue weighted by molar-refractivity contribution is -0.131. The number of fused-ring (bicyclic) bond motifs is 2. The summed E-state index contributed by atoms with van der Waals surface area (Å²) in [6, 6.07) is 11.8. The lowest BCUT2D eigenvalue weighted by atomic mass is 9.99. The molecule has 26 heavy (non-hydrogen) atoms. The van der Waals surface area contributed by atoms with Gasteiger partial charge in [-0.1, -0.05) is 29.8 Å². The number of benzene rings is 1. The zero-order chi connectivity index (χ0) is 17.9. The van der Waals surface area contributed by atoms with E-state index in [0.29, 0.717) is 5.02 Å². The summed E-state index contributed by atoms with van der Waals surface area (Å²) < 4.78 is 6.07. The molecule has 1 aromatic heterocycles. The first-order valence-corrected chi connectivity index (χ1v) is 9.40. The summed E-state index contributed by atoms with van der Waals surface area (Å²) in [6.07, 6.45) is 10.9. The number of aromatic nitrogens is 1. The van der Waals surface area contributed by atoms with E-state index in [1.807, 2.05) is 47.4 Å². The lowest BCUT2D eigenvalue weighted by Crippen LogP contribution is -2.48. The van der Waals surface area contributed by atoms with Crippen molar-refractivity contribution in [2.24, 2.45) is 0 Å². The van der Waals surface area contributed by atoms with Crippen LogP contribution in [0.4, 0.5) is 0 Å². The van der Waals surface area contributed by atoms with Gasteiger partial charge in [0.2, 0.25) is 5.91 Å². The quantitative estimate of drug-likeness (QED) is 0.753. The number of rotatable bonds is 4. The highest BCUT2D eigenvalue weighted by molar-refractivity contribution is 6.32. The van der Waals surface area contributed by atoms with Crippen LogP contribution in [0, 0.1) is 0 Å². The minimum absolute atomic E-state index is 0.0669. The second-order valence-corrected chi connectivity index (χ2v) is 7.29. The van der Waals surface area contributed by atoms with E-state index in [9.17, 15) is 4.79 Å². The first kappa shape index (κ1) is 17.1. The van der Waals surface area contributed by atoms with Crippen LogP contribution in [0.25, 0.3) is 6.08 Å². The maximum atomic E-state index is 12.8. The molecule has 5 heteroatoms. The topological polar surface area (TPSA) is 42.4 Å². The van der Waals surface area contributed by atoms with Gasteiger partial charge in [0.05, 0.1) is 6.20 Å². The van der Waals surface area contributed by atoms with E-state index in [1.165, 1.54) is 0 Å². The average Bonchev–Trinajstić information content (AvgIpc) is 2.93. The molecule has 2 atom stereocenters. The Balaban J connectivity index is 1.41. The number of halogens is 1. The molecule has 0 saturated carbocycles. The fraction of sp³-hybridized carbons (Fsp3) is 0.333. The number of hydrogen-bond donors (Lipinski definition) is 0. The molecule has 0 N–H and O–H groups in total. The highest BCUT2D eigenvalue weighted by Gasteiger charge is 2.43. The molecule has 2 aromatic rings. The zero-order valence-electron chi connectivity index (χ0n) is 14.4. The van der Waals surface area contributed by atoms with E-state index in [-0.39, 0.29) is 24.1 Å². The van der Waals surface area contributed by atoms with Crippen molar-refractivity contribution in [3.05, 3.63) is 65.5 Å². The second kappa shape index (κ2) is 7.50. The Morgan fingerprint density at radius 3 is 2.62 bits per heavy atom. The molecule has 2 aliphatic heterocycles. The van der Waals surface area contributed by atoms with Crippen LogP contribution in [-0.2, 0) is 4.79 Å². The van der Waals surface area contributed by atoms with Crippen LogP contribution in [0.3, 0.4) is 0 Å². The molecule has 2 aliphatic rings. The summed E-state index contributed by atoms with van der Waals surface area (Å²) in [6.45, 7) is 0. The molecule has 0 radical (unpaired) electrons. The Morgan fingerprint density at radius 1 is 1.15 bits per heavy atom. The summed E-state index contributed by atoms with van der Waals surface area (Å²) in [7, 11) is 0. The van der Waals surface area contributed by atoms with Gasteiger partial charge in [0, 0.05) is 42.2 Å². The van der Waals surface area contributed by atoms with Crippen molar-refractivity contribution in [1.29, 1.82) is 0 Å². The number of pyridine rings is 1. The van der Waals surface area contributed by atoms with Crippen LogP contribution >= 0.6 is 11.6 Å². The third-order valence-corrected chi connectivity index (χ3v) is 5.54. The van der Waals surface area contributed by atoms with Crippen molar-refractivity contribution in [1.82, 2.24) is 9.88 Å². The first-order valence-electron chi connectivity index (χ1n) is 9.02. The molecule has 0 spiro atoms. The van der Waals surface area contributed by atoms with E-state index >= 15 is 0 Å². The normalized spacial score (nSPS) is 24.8. The maximum Gasteiger partial charge on any atom is 0.247 e. The van der Waals surface area contributed by atoms with Crippen LogP contribution in [0.5, 0.6) is 5.75 Å². The predicted molar refractivity (Wildman–Crippen MR) is 102 cm³/mol. The Labute approximate surface area is 158 Å². The van der Waals surface area contributed by atoms with E-state index in [4.69, 9.17) is 16.3 Å². The molecule has 4 nitrogen and oxygen atoms in total. The smallest absolute Gasteiger partial charge is 0.247 e. The summed E-state index contributed by atoms with van der Waals surface area (Å²) >= 11 is 6.16. The van der Waals surface area contributed by atoms with Gasteiger partial charge in [0.25, 0.3) is 0 Å². The number of carbonyl (C=O) groups excluding carboxylic acids is 1. The Bertz CT molecular complexity index is 795. The van der Waals surface area contributed by atoms with Crippen molar-refractivity contribution in [3.8, 4) is 5.75 Å². The van der Waals surface area contributed by atoms with Gasteiger partial charge < -0.3 is 9.64 Å². The number of hydrogen-bond acceptors (Lipinski definition) is 3. The van der Waals surface area contributed by atoms with Crippen LogP contribution in [0.1, 0.15) is 31.2 Å². The van der Waals surface area contributed by atoms with Gasteiger partial charge in [-0.3, -0.25) is 9.78 Å². The Hall–Kier alpha value is -2.33. The summed E-state index contributed by atoms with van der Waals surface area (Å²) in [5.41, 5.74) is 0.865. The summed E-state index contributed by atoms with van der Waals surface area (Å²) in [4.78, 5) is 18.9. The number of piperidine rings is 1. The molecule has 2 bridgehead atoms. The molecule has 1 amide bonds. The number of amides is 1. The lowest BCUT2D eigenvalue weighted by Gasteiger charge is -2.38. The maximum absolute atomic E-state index is 12.8. The molecular weight excluding hydrogens is 348 g/mol. The van der Waals surface area contributed by atoms with E-state index in [2.05, 4.69) is 4.98 Å². The molecule has 3 heterocycles. The zero-order valence-corrected chi connectivity index (χ0v) is 15.2. The SMILES string of the molecule is O=C(/C=C/c1ccccc1Cl)N1C2CCC1CC(Oc1cccnc1)C2. The summed E-state index contributed by atoms with van der Waals surface area (Å²) in [5, 5.41) is 0.656. The van der Waals surface area contributed by atoms with Gasteiger partial charge in [-0.05, 0) is 42.7 Å². The number of carbonyl (C=O) groups is 1. The van der Waals surface area contributed by atoms with Crippen molar-refractivity contribution >= 4 is 23.6 Å². The van der Waals surface area contributed by atoms with Crippen LogP contribution in [0.2, 0.25) is 5.02 Å². The van der Waals surface area contributed by atoms with E-state index in [1.54, 1.807) is 18.5 Å². The molecule has 0 aliphatic carbocycles. The minimum atomic E-state index is 0.0669. The van der Waals surface area contributed by atoms with Gasteiger partial charge in [-0.15, -0.1) is 0 Å². The van der Waals surface area contributed by atoms with Gasteiger partial charge in [-0.25, -0.2) is 0 Å². The van der Waals surface area contributed by atoms with Gasteiger partial charge >= 0.3 is 0 Å². The third-order valence-electron chi connectivity index (χ3n) is 5.19. The molecule has 2 fully saturated rings. The molecule has 2 unspecified atom stereocenters. The molecule has 1 aromatic carbocycles. The van der Waals surface area contributed by atoms with Crippen molar-refractivity contribution in [2.75, 3.05) is 0 Å². The first-order chi connectivity index (χ1) is 12.7. The average molecular weight is 369 g/mol. The monoisotopic (exact) mass is 368 g/mol. The molecule has 4 rings (SSSR count). The van der Waals surface area contributed by atoms with Gasteiger partial charge in [0.15, 0.2) is 0 Å². The highest BCUT2D eigenvalue weighted by atomic mass is 35.5.